The highest BCUT2D eigenvalue weighted by atomic mass is 16.5. The van der Waals surface area contributed by atoms with Gasteiger partial charge in [0.1, 0.15) is 12.1 Å². The maximum Gasteiger partial charge on any atom is 0.309 e. The number of nitrogens with zero attached hydrogens (tertiary/aromatic N) is 3. The number of rotatable bonds is 17. The molecule has 1 aromatic heterocycles. The van der Waals surface area contributed by atoms with Gasteiger partial charge in [0.25, 0.3) is 0 Å². The smallest absolute Gasteiger partial charge is 0.309 e. The quantitative estimate of drug-likeness (QED) is 0.280. The lowest BCUT2D eigenvalue weighted by molar-refractivity contribution is -0.146. The summed E-state index contributed by atoms with van der Waals surface area (Å²) in [7, 11) is 8.30. The predicted molar refractivity (Wildman–Crippen MR) is 162 cm³/mol. The van der Waals surface area contributed by atoms with Crippen molar-refractivity contribution in [3.8, 4) is 0 Å². The molecule has 0 aliphatic rings. The van der Waals surface area contributed by atoms with Crippen LogP contribution < -0.4 is 5.32 Å². The zero-order chi connectivity index (χ0) is 32.5. The van der Waals surface area contributed by atoms with Gasteiger partial charge in [0.15, 0.2) is 0 Å². The van der Waals surface area contributed by atoms with Gasteiger partial charge in [0, 0.05) is 27.5 Å². The zero-order valence-corrected chi connectivity index (χ0v) is 27.6. The Morgan fingerprint density at radius 3 is 2.00 bits per heavy atom. The first-order chi connectivity index (χ1) is 19.5. The summed E-state index contributed by atoms with van der Waals surface area (Å²) >= 11 is 0. The van der Waals surface area contributed by atoms with Crippen molar-refractivity contribution in [1.82, 2.24) is 19.7 Å². The van der Waals surface area contributed by atoms with Crippen molar-refractivity contribution in [2.75, 3.05) is 35.4 Å². The molecule has 2 unspecified atom stereocenters. The molecule has 1 rings (SSSR count). The van der Waals surface area contributed by atoms with E-state index in [9.17, 15) is 24.3 Å². The Balaban J connectivity index is 3.35. The van der Waals surface area contributed by atoms with Crippen LogP contribution in [0.4, 0.5) is 0 Å². The molecule has 0 saturated carbocycles. The number of carbonyl (C=O) groups is 4. The van der Waals surface area contributed by atoms with E-state index in [1.807, 2.05) is 60.5 Å². The van der Waals surface area contributed by atoms with Crippen molar-refractivity contribution < 1.29 is 33.8 Å². The van der Waals surface area contributed by atoms with Gasteiger partial charge >= 0.3 is 5.97 Å². The van der Waals surface area contributed by atoms with E-state index in [0.29, 0.717) is 5.69 Å². The standard InChI is InChI=1S/C31H54N4O7/c1-13-20(6)27(34(10)30(38)25(18(2)3)32-29(37)26(19(4)5)33(8)9)23(41-11)17-24(36)35-16-14-15-22(35)28(42-12)21(7)31(39)40/h14-16,18-21,23,25-28H,13,17H2,1-12H3,(H,32,37)(H,39,40)/t20-,21+,23+,25?,26?,27-,28+/m0/s1. The molecule has 2 amide bonds. The van der Waals surface area contributed by atoms with Crippen LogP contribution >= 0.6 is 0 Å². The van der Waals surface area contributed by atoms with Gasteiger partial charge in [-0.2, -0.15) is 0 Å². The number of aliphatic carboxylic acids is 1. The van der Waals surface area contributed by atoms with Gasteiger partial charge in [0.2, 0.25) is 17.7 Å². The minimum Gasteiger partial charge on any atom is -0.481 e. The van der Waals surface area contributed by atoms with E-state index >= 15 is 0 Å². The summed E-state index contributed by atoms with van der Waals surface area (Å²) in [5.74, 6) is -2.85. The van der Waals surface area contributed by atoms with E-state index in [0.717, 1.165) is 6.42 Å². The molecule has 0 aliphatic carbocycles. The zero-order valence-electron chi connectivity index (χ0n) is 27.6. The number of methoxy groups -OCH3 is 2. The topological polar surface area (TPSA) is 130 Å². The van der Waals surface area contributed by atoms with Crippen LogP contribution in [0.3, 0.4) is 0 Å². The number of likely N-dealkylation sites (N-methyl/N-ethyl adjacent to an activating group) is 2. The van der Waals surface area contributed by atoms with Crippen LogP contribution in [-0.2, 0) is 23.9 Å². The van der Waals surface area contributed by atoms with E-state index in [1.54, 1.807) is 30.3 Å². The van der Waals surface area contributed by atoms with Crippen LogP contribution in [0.1, 0.15) is 77.9 Å². The van der Waals surface area contributed by atoms with Gasteiger partial charge in [-0.3, -0.25) is 28.6 Å². The monoisotopic (exact) mass is 594 g/mol. The molecule has 0 spiro atoms. The first kappa shape index (κ1) is 37.3. The van der Waals surface area contributed by atoms with E-state index in [2.05, 4.69) is 5.32 Å². The normalized spacial score (nSPS) is 16.9. The van der Waals surface area contributed by atoms with Gasteiger partial charge < -0.3 is 24.8 Å². The molecule has 2 N–H and O–H groups in total. The average Bonchev–Trinajstić information content (AvgIpc) is 3.39. The highest BCUT2D eigenvalue weighted by Gasteiger charge is 2.39. The number of carbonyl (C=O) groups excluding carboxylic acids is 3. The van der Waals surface area contributed by atoms with Crippen LogP contribution in [0.25, 0.3) is 0 Å². The highest BCUT2D eigenvalue weighted by Crippen LogP contribution is 2.28. The molecule has 11 nitrogen and oxygen atoms in total. The summed E-state index contributed by atoms with van der Waals surface area (Å²) in [6.45, 7) is 13.3. The average molecular weight is 595 g/mol. The van der Waals surface area contributed by atoms with E-state index in [4.69, 9.17) is 9.47 Å². The number of carboxylic acids is 1. The van der Waals surface area contributed by atoms with E-state index in [-0.39, 0.29) is 41.9 Å². The van der Waals surface area contributed by atoms with Gasteiger partial charge in [-0.1, -0.05) is 48.0 Å². The number of amides is 2. The largest absolute Gasteiger partial charge is 0.481 e. The second-order valence-electron chi connectivity index (χ2n) is 12.2. The summed E-state index contributed by atoms with van der Waals surface area (Å²) in [4.78, 5) is 56.0. The Morgan fingerprint density at radius 2 is 1.57 bits per heavy atom. The Morgan fingerprint density at radius 1 is 0.976 bits per heavy atom. The fourth-order valence-electron chi connectivity index (χ4n) is 5.67. The third-order valence-corrected chi connectivity index (χ3v) is 8.21. The maximum atomic E-state index is 14.0. The molecule has 0 fully saturated rings. The van der Waals surface area contributed by atoms with Gasteiger partial charge in [-0.05, 0) is 50.9 Å². The lowest BCUT2D eigenvalue weighted by atomic mass is 9.89. The molecule has 0 radical (unpaired) electrons. The molecule has 0 saturated heterocycles. The summed E-state index contributed by atoms with van der Waals surface area (Å²) in [5.41, 5.74) is 0.431. The van der Waals surface area contributed by atoms with Crippen LogP contribution in [0.5, 0.6) is 0 Å². The molecule has 11 heteroatoms. The Hall–Kier alpha value is -2.76. The van der Waals surface area contributed by atoms with Crippen molar-refractivity contribution in [2.24, 2.45) is 23.7 Å². The molecule has 240 valence electrons. The first-order valence-corrected chi connectivity index (χ1v) is 14.8. The van der Waals surface area contributed by atoms with E-state index < -0.39 is 42.2 Å². The van der Waals surface area contributed by atoms with Crippen molar-refractivity contribution in [3.63, 3.8) is 0 Å². The van der Waals surface area contributed by atoms with Crippen molar-refractivity contribution in [3.05, 3.63) is 24.0 Å². The molecule has 0 aromatic carbocycles. The summed E-state index contributed by atoms with van der Waals surface area (Å²) < 4.78 is 12.7. The lowest BCUT2D eigenvalue weighted by Crippen LogP contribution is -2.59. The van der Waals surface area contributed by atoms with Gasteiger partial charge in [0.05, 0.1) is 36.2 Å². The van der Waals surface area contributed by atoms with Crippen LogP contribution in [-0.4, -0.2) is 103 Å². The minimum absolute atomic E-state index is 0.0340. The summed E-state index contributed by atoms with van der Waals surface area (Å²) in [5, 5.41) is 12.5. The molecule has 7 atom stereocenters. The van der Waals surface area contributed by atoms with Gasteiger partial charge in [-0.25, -0.2) is 0 Å². The Labute approximate surface area is 251 Å². The molecule has 42 heavy (non-hydrogen) atoms. The fourth-order valence-corrected chi connectivity index (χ4v) is 5.67. The van der Waals surface area contributed by atoms with Crippen molar-refractivity contribution >= 4 is 23.7 Å². The molecular weight excluding hydrogens is 540 g/mol. The number of ether oxygens (including phenoxy) is 2. The number of aromatic nitrogens is 1. The molecule has 1 heterocycles. The van der Waals surface area contributed by atoms with Gasteiger partial charge in [-0.15, -0.1) is 0 Å². The molecule has 0 aliphatic heterocycles. The third-order valence-electron chi connectivity index (χ3n) is 8.21. The minimum atomic E-state index is -1.04. The second-order valence-corrected chi connectivity index (χ2v) is 12.2. The summed E-state index contributed by atoms with van der Waals surface area (Å²) in [6.07, 6.45) is 0.755. The number of nitrogens with one attached hydrogen (secondary N) is 1. The van der Waals surface area contributed by atoms with Crippen molar-refractivity contribution in [2.45, 2.75) is 91.6 Å². The third kappa shape index (κ3) is 9.12. The summed E-state index contributed by atoms with van der Waals surface area (Å²) in [6, 6.07) is 1.71. The second kappa shape index (κ2) is 16.8. The SMILES string of the molecule is CC[C@H](C)[C@@H]([C@@H](CC(=O)n1cccc1[C@H](OC)[C@@H](C)C(=O)O)OC)N(C)C(=O)C(NC(=O)C(C(C)C)N(C)C)C(C)C. The first-order valence-electron chi connectivity index (χ1n) is 14.8. The molecule has 0 bridgehead atoms. The van der Waals surface area contributed by atoms with E-state index in [1.165, 1.54) is 25.7 Å². The van der Waals surface area contributed by atoms with Crippen LogP contribution in [0.15, 0.2) is 18.3 Å². The Kier molecular flexibility index (Phi) is 14.9. The van der Waals surface area contributed by atoms with Crippen LogP contribution in [0, 0.1) is 23.7 Å². The lowest BCUT2D eigenvalue weighted by Gasteiger charge is -2.40. The number of hydrogen-bond acceptors (Lipinski definition) is 7. The highest BCUT2D eigenvalue weighted by molar-refractivity contribution is 5.90. The maximum absolute atomic E-state index is 14.0. The number of hydrogen-bond donors (Lipinski definition) is 2. The molecule has 1 aromatic rings. The predicted octanol–water partition coefficient (Wildman–Crippen LogP) is 3.54. The Bertz CT molecular complexity index is 1030. The number of carboxylic acid groups (broad SMARTS) is 1. The fraction of sp³-hybridized carbons (Fsp3) is 0.742. The molecular formula is C31H54N4O7. The van der Waals surface area contributed by atoms with Crippen molar-refractivity contribution in [1.29, 1.82) is 0 Å². The van der Waals surface area contributed by atoms with Crippen LogP contribution in [0.2, 0.25) is 0 Å².